The monoisotopic (exact) mass is 421 g/mol. The fourth-order valence-electron chi connectivity index (χ4n) is 3.37. The second-order valence-corrected chi connectivity index (χ2v) is 9.33. The Morgan fingerprint density at radius 1 is 1.24 bits per heavy atom. The number of benzene rings is 1. The van der Waals surface area contributed by atoms with Gasteiger partial charge in [0.1, 0.15) is 4.75 Å². The second-order valence-electron chi connectivity index (χ2n) is 6.54. The summed E-state index contributed by atoms with van der Waals surface area (Å²) < 4.78 is 23.7. The van der Waals surface area contributed by atoms with Crippen molar-refractivity contribution >= 4 is 31.9 Å². The molecule has 0 radical (unpaired) electrons. The number of primary sulfonamides is 1. The zero-order valence-corrected chi connectivity index (χ0v) is 15.7. The molecule has 0 atom stereocenters. The van der Waals surface area contributed by atoms with E-state index in [4.69, 9.17) is 5.14 Å². The Morgan fingerprint density at radius 2 is 2.00 bits per heavy atom. The minimum Gasteiger partial charge on any atom is -0.328 e. The van der Waals surface area contributed by atoms with Crippen molar-refractivity contribution in [2.75, 3.05) is 0 Å². The predicted octanol–water partition coefficient (Wildman–Crippen LogP) is 2.28. The quantitative estimate of drug-likeness (QED) is 0.818. The lowest BCUT2D eigenvalue weighted by Gasteiger charge is -2.17. The topological polar surface area (TPSA) is 93.4 Å². The van der Waals surface area contributed by atoms with Crippen LogP contribution in [0.25, 0.3) is 0 Å². The highest BCUT2D eigenvalue weighted by Crippen LogP contribution is 2.51. The Hall–Kier alpha value is -1.77. The molecule has 2 aromatic rings. The number of pyridine rings is 1. The largest absolute Gasteiger partial charge is 0.328 e. The summed E-state index contributed by atoms with van der Waals surface area (Å²) in [6.45, 7) is 0.847. The number of halogens is 1. The summed E-state index contributed by atoms with van der Waals surface area (Å²) in [6, 6.07) is 9.05. The van der Waals surface area contributed by atoms with Crippen LogP contribution < -0.4 is 5.14 Å². The predicted molar refractivity (Wildman–Crippen MR) is 96.0 cm³/mol. The van der Waals surface area contributed by atoms with Crippen LogP contribution in [-0.4, -0.2) is 24.2 Å². The van der Waals surface area contributed by atoms with Gasteiger partial charge in [-0.25, -0.2) is 13.6 Å². The van der Waals surface area contributed by atoms with E-state index in [1.807, 2.05) is 18.2 Å². The summed E-state index contributed by atoms with van der Waals surface area (Å²) in [7, 11) is -3.66. The molecule has 8 heteroatoms. The lowest BCUT2D eigenvalue weighted by Crippen LogP contribution is -2.29. The van der Waals surface area contributed by atoms with Gasteiger partial charge in [0.25, 0.3) is 5.91 Å². The van der Waals surface area contributed by atoms with Gasteiger partial charge in [0.2, 0.25) is 10.0 Å². The number of carbonyl (C=O) groups is 1. The second kappa shape index (κ2) is 5.62. The zero-order chi connectivity index (χ0) is 17.8. The number of fused-ring (bicyclic) bond motifs is 1. The first-order valence-electron chi connectivity index (χ1n) is 7.86. The molecule has 1 aliphatic heterocycles. The zero-order valence-electron chi connectivity index (χ0n) is 13.3. The third-order valence-corrected chi connectivity index (χ3v) is 7.12. The fraction of sp³-hybridized carbons (Fsp3) is 0.294. The van der Waals surface area contributed by atoms with Crippen molar-refractivity contribution in [3.05, 3.63) is 63.4 Å². The van der Waals surface area contributed by atoms with Crippen LogP contribution in [0.15, 0.2) is 41.0 Å². The van der Waals surface area contributed by atoms with Crippen LogP contribution in [0.3, 0.4) is 0 Å². The number of nitrogens with zero attached hydrogens (tertiary/aromatic N) is 2. The summed E-state index contributed by atoms with van der Waals surface area (Å²) in [5.41, 5.74) is 2.99. The molecule has 1 aliphatic carbocycles. The van der Waals surface area contributed by atoms with E-state index in [1.165, 1.54) is 0 Å². The normalized spacial score (nSPS) is 18.3. The molecule has 1 aromatic carbocycles. The number of aromatic nitrogens is 1. The molecule has 1 fully saturated rings. The molecule has 0 bridgehead atoms. The minimum atomic E-state index is -3.66. The highest BCUT2D eigenvalue weighted by Gasteiger charge is 2.54. The molecule has 0 unspecified atom stereocenters. The Kier molecular flexibility index (Phi) is 3.75. The number of rotatable bonds is 4. The molecule has 6 nitrogen and oxygen atoms in total. The molecule has 2 aliphatic rings. The molecule has 0 saturated heterocycles. The van der Waals surface area contributed by atoms with Crippen molar-refractivity contribution in [3.8, 4) is 0 Å². The molecule has 1 aromatic heterocycles. The van der Waals surface area contributed by atoms with E-state index in [9.17, 15) is 13.2 Å². The molecular formula is C17H16BrN3O3S. The number of sulfonamides is 1. The third-order valence-electron chi connectivity index (χ3n) is 4.89. The van der Waals surface area contributed by atoms with Crippen LogP contribution in [0.2, 0.25) is 0 Å². The van der Waals surface area contributed by atoms with E-state index in [2.05, 4.69) is 20.9 Å². The van der Waals surface area contributed by atoms with Crippen molar-refractivity contribution in [1.82, 2.24) is 9.88 Å². The highest BCUT2D eigenvalue weighted by molar-refractivity contribution is 9.10. The van der Waals surface area contributed by atoms with Crippen molar-refractivity contribution in [1.29, 1.82) is 0 Å². The van der Waals surface area contributed by atoms with Gasteiger partial charge >= 0.3 is 0 Å². The van der Waals surface area contributed by atoms with Crippen molar-refractivity contribution < 1.29 is 13.2 Å². The van der Waals surface area contributed by atoms with Crippen LogP contribution in [0.5, 0.6) is 0 Å². The third kappa shape index (κ3) is 2.78. The summed E-state index contributed by atoms with van der Waals surface area (Å²) in [5, 5.41) is 5.40. The summed E-state index contributed by atoms with van der Waals surface area (Å²) >= 11 is 3.42. The van der Waals surface area contributed by atoms with Crippen molar-refractivity contribution in [3.63, 3.8) is 0 Å². The van der Waals surface area contributed by atoms with Crippen molar-refractivity contribution in [2.45, 2.75) is 30.7 Å². The van der Waals surface area contributed by atoms with Gasteiger partial charge < -0.3 is 4.90 Å². The maximum atomic E-state index is 12.5. The first-order valence-corrected chi connectivity index (χ1v) is 10.2. The number of hydrogen-bond donors (Lipinski definition) is 1. The summed E-state index contributed by atoms with van der Waals surface area (Å²) in [4.78, 5) is 18.5. The van der Waals surface area contributed by atoms with Crippen molar-refractivity contribution in [2.24, 2.45) is 5.14 Å². The fourth-order valence-corrected chi connectivity index (χ4v) is 4.91. The van der Waals surface area contributed by atoms with Gasteiger partial charge in [-0.05, 0) is 54.3 Å². The maximum Gasteiger partial charge on any atom is 0.254 e. The Labute approximate surface area is 154 Å². The Bertz CT molecular complexity index is 986. The van der Waals surface area contributed by atoms with Gasteiger partial charge in [0.15, 0.2) is 0 Å². The molecular weight excluding hydrogens is 406 g/mol. The van der Waals surface area contributed by atoms with E-state index >= 15 is 0 Å². The van der Waals surface area contributed by atoms with E-state index in [-0.39, 0.29) is 5.91 Å². The van der Waals surface area contributed by atoms with Gasteiger partial charge in [-0.1, -0.05) is 15.9 Å². The molecule has 1 saturated carbocycles. The molecule has 25 heavy (non-hydrogen) atoms. The van der Waals surface area contributed by atoms with Gasteiger partial charge in [-0.15, -0.1) is 0 Å². The molecule has 2 N–H and O–H groups in total. The average Bonchev–Trinajstić information content (AvgIpc) is 3.31. The summed E-state index contributed by atoms with van der Waals surface area (Å²) in [5.74, 6) is -0.0396. The van der Waals surface area contributed by atoms with Crippen LogP contribution in [0.1, 0.15) is 40.0 Å². The maximum absolute atomic E-state index is 12.5. The molecule has 1 amide bonds. The molecule has 130 valence electrons. The molecule has 0 spiro atoms. The van der Waals surface area contributed by atoms with E-state index in [0.29, 0.717) is 42.8 Å². The van der Waals surface area contributed by atoms with Gasteiger partial charge in [-0.3, -0.25) is 9.78 Å². The standard InChI is InChI=1S/C17H16BrN3O3S/c18-13-1-2-15-11(7-13)9-21(16(15)22)10-14-8-12(3-6-20-14)17(4-5-17)25(19,23)24/h1-3,6-8H,4-5,9-10H2,(H2,19,23,24). The molecule has 4 rings (SSSR count). The lowest BCUT2D eigenvalue weighted by atomic mass is 10.1. The van der Waals surface area contributed by atoms with E-state index in [1.54, 1.807) is 23.2 Å². The summed E-state index contributed by atoms with van der Waals surface area (Å²) in [6.07, 6.45) is 2.63. The number of nitrogens with two attached hydrogens (primary N) is 1. The average molecular weight is 422 g/mol. The number of hydrogen-bond acceptors (Lipinski definition) is 4. The minimum absolute atomic E-state index is 0.0396. The highest BCUT2D eigenvalue weighted by atomic mass is 79.9. The van der Waals surface area contributed by atoms with Gasteiger partial charge in [0.05, 0.1) is 12.2 Å². The molecule has 2 heterocycles. The van der Waals surface area contributed by atoms with Crippen LogP contribution in [-0.2, 0) is 27.9 Å². The Morgan fingerprint density at radius 3 is 2.68 bits per heavy atom. The van der Waals surface area contributed by atoms with Crippen LogP contribution in [0.4, 0.5) is 0 Å². The van der Waals surface area contributed by atoms with E-state index in [0.717, 1.165) is 10.0 Å². The smallest absolute Gasteiger partial charge is 0.254 e. The van der Waals surface area contributed by atoms with Gasteiger partial charge in [-0.2, -0.15) is 0 Å². The van der Waals surface area contributed by atoms with E-state index < -0.39 is 14.8 Å². The number of carbonyl (C=O) groups excluding carboxylic acids is 1. The van der Waals surface area contributed by atoms with Gasteiger partial charge in [0, 0.05) is 22.8 Å². The first kappa shape index (κ1) is 16.7. The lowest BCUT2D eigenvalue weighted by molar-refractivity contribution is 0.0764. The number of amides is 1. The SMILES string of the molecule is NS(=O)(=O)C1(c2ccnc(CN3Cc4cc(Br)ccc4C3=O)c2)CC1. The first-order chi connectivity index (χ1) is 11.8. The van der Waals surface area contributed by atoms with Crippen LogP contribution in [0, 0.1) is 0 Å². The van der Waals surface area contributed by atoms with Crippen LogP contribution >= 0.6 is 15.9 Å². The Balaban J connectivity index is 1.59.